The van der Waals surface area contributed by atoms with Gasteiger partial charge in [-0.15, -0.1) is 0 Å². The van der Waals surface area contributed by atoms with Crippen molar-refractivity contribution in [2.45, 2.75) is 63.8 Å². The van der Waals surface area contributed by atoms with Crippen molar-refractivity contribution < 1.29 is 0 Å². The van der Waals surface area contributed by atoms with E-state index in [9.17, 15) is 0 Å². The van der Waals surface area contributed by atoms with Gasteiger partial charge in [0.25, 0.3) is 0 Å². The average molecular weight is 245 g/mol. The Labute approximate surface area is 111 Å². The molecule has 1 heteroatoms. The summed E-state index contributed by atoms with van der Waals surface area (Å²) in [6, 6.07) is 0.693. The maximum Gasteiger partial charge on any atom is 0.0253 e. The Hall–Kier alpha value is -0.300. The third-order valence-electron chi connectivity index (χ3n) is 6.25. The Morgan fingerprint density at radius 2 is 1.67 bits per heavy atom. The summed E-state index contributed by atoms with van der Waals surface area (Å²) in [5.74, 6) is 3.38. The van der Waals surface area contributed by atoms with Crippen molar-refractivity contribution >= 4 is 0 Å². The van der Waals surface area contributed by atoms with Crippen molar-refractivity contribution in [3.63, 3.8) is 0 Å². The van der Waals surface area contributed by atoms with Crippen molar-refractivity contribution in [2.75, 3.05) is 6.54 Å². The van der Waals surface area contributed by atoms with Crippen LogP contribution in [0.1, 0.15) is 57.8 Å². The van der Waals surface area contributed by atoms with Gasteiger partial charge in [0, 0.05) is 12.6 Å². The zero-order valence-corrected chi connectivity index (χ0v) is 11.5. The average Bonchev–Trinajstić information content (AvgIpc) is 2.79. The van der Waals surface area contributed by atoms with Crippen LogP contribution in [0.5, 0.6) is 0 Å². The largest absolute Gasteiger partial charge is 0.307 e. The van der Waals surface area contributed by atoms with Crippen LogP contribution in [0.15, 0.2) is 12.2 Å². The highest BCUT2D eigenvalue weighted by Crippen LogP contribution is 2.61. The second-order valence-electron chi connectivity index (χ2n) is 7.75. The Bertz CT molecular complexity index is 308. The number of hydrogen-bond acceptors (Lipinski definition) is 1. The van der Waals surface area contributed by atoms with E-state index >= 15 is 0 Å². The van der Waals surface area contributed by atoms with Gasteiger partial charge in [0.2, 0.25) is 0 Å². The molecule has 1 heterocycles. The topological polar surface area (TPSA) is 12.0 Å². The fourth-order valence-electron chi connectivity index (χ4n) is 6.01. The summed E-state index contributed by atoms with van der Waals surface area (Å²) in [6.07, 6.45) is 18.6. The Kier molecular flexibility index (Phi) is 2.80. The summed E-state index contributed by atoms with van der Waals surface area (Å²) in [4.78, 5) is 0. The Morgan fingerprint density at radius 1 is 1.00 bits per heavy atom. The van der Waals surface area contributed by atoms with Gasteiger partial charge in [0.15, 0.2) is 0 Å². The molecule has 0 spiro atoms. The van der Waals surface area contributed by atoms with E-state index in [1.54, 1.807) is 38.5 Å². The van der Waals surface area contributed by atoms with Gasteiger partial charge in [0.1, 0.15) is 0 Å². The van der Waals surface area contributed by atoms with Gasteiger partial charge in [-0.1, -0.05) is 18.6 Å². The van der Waals surface area contributed by atoms with Crippen molar-refractivity contribution in [3.05, 3.63) is 12.2 Å². The van der Waals surface area contributed by atoms with Crippen LogP contribution in [0.4, 0.5) is 0 Å². The highest BCUT2D eigenvalue weighted by Gasteiger charge is 2.50. The summed E-state index contributed by atoms with van der Waals surface area (Å²) in [5, 5.41) is 3.55. The minimum atomic E-state index is 0.693. The lowest BCUT2D eigenvalue weighted by Crippen LogP contribution is -2.46. The maximum atomic E-state index is 3.55. The van der Waals surface area contributed by atoms with Crippen LogP contribution in [0.3, 0.4) is 0 Å². The van der Waals surface area contributed by atoms with Crippen LogP contribution in [-0.2, 0) is 0 Å². The molecule has 1 unspecified atom stereocenters. The standard InChI is InChI=1S/C17H27N/c1(3-16-4-2-6-18-16)5-17-10-13-7-14(11-17)9-15(8-13)12-17/h2,4,13-16,18H,1,3,5-12H2. The van der Waals surface area contributed by atoms with E-state index in [1.165, 1.54) is 19.3 Å². The normalized spacial score (nSPS) is 49.1. The smallest absolute Gasteiger partial charge is 0.0253 e. The van der Waals surface area contributed by atoms with E-state index in [1.807, 2.05) is 0 Å². The molecule has 18 heavy (non-hydrogen) atoms. The van der Waals surface area contributed by atoms with Crippen LogP contribution in [-0.4, -0.2) is 12.6 Å². The van der Waals surface area contributed by atoms with Gasteiger partial charge < -0.3 is 5.32 Å². The fourth-order valence-corrected chi connectivity index (χ4v) is 6.01. The number of nitrogens with one attached hydrogen (secondary N) is 1. The molecule has 1 atom stereocenters. The predicted molar refractivity (Wildman–Crippen MR) is 75.4 cm³/mol. The summed E-state index contributed by atoms with van der Waals surface area (Å²) >= 11 is 0. The van der Waals surface area contributed by atoms with E-state index in [2.05, 4.69) is 17.5 Å². The molecule has 4 fully saturated rings. The zero-order valence-electron chi connectivity index (χ0n) is 11.5. The highest BCUT2D eigenvalue weighted by atomic mass is 14.9. The van der Waals surface area contributed by atoms with Gasteiger partial charge >= 0.3 is 0 Å². The monoisotopic (exact) mass is 245 g/mol. The molecule has 5 aliphatic rings. The molecule has 0 aromatic carbocycles. The van der Waals surface area contributed by atoms with Crippen LogP contribution >= 0.6 is 0 Å². The molecule has 1 nitrogen and oxygen atoms in total. The van der Waals surface area contributed by atoms with Crippen LogP contribution < -0.4 is 5.32 Å². The second-order valence-corrected chi connectivity index (χ2v) is 7.75. The first-order valence-electron chi connectivity index (χ1n) is 8.21. The summed E-state index contributed by atoms with van der Waals surface area (Å²) in [7, 11) is 0. The molecule has 0 saturated heterocycles. The van der Waals surface area contributed by atoms with Gasteiger partial charge in [-0.2, -0.15) is 0 Å². The first kappa shape index (κ1) is 11.5. The number of rotatable bonds is 4. The van der Waals surface area contributed by atoms with Crippen LogP contribution in [0.25, 0.3) is 0 Å². The van der Waals surface area contributed by atoms with Gasteiger partial charge in [-0.25, -0.2) is 0 Å². The second kappa shape index (κ2) is 4.37. The molecule has 0 radical (unpaired) electrons. The Morgan fingerprint density at radius 3 is 2.22 bits per heavy atom. The molecule has 100 valence electrons. The SMILES string of the molecule is C1=CC(CCCC23CC4CC(CC(C4)C2)C3)NC1. The fraction of sp³-hybridized carbons (Fsp3) is 0.882. The summed E-state index contributed by atoms with van der Waals surface area (Å²) in [5.41, 5.74) is 0.803. The molecule has 0 aromatic heterocycles. The van der Waals surface area contributed by atoms with Crippen molar-refractivity contribution in [2.24, 2.45) is 23.2 Å². The summed E-state index contributed by atoms with van der Waals surface area (Å²) < 4.78 is 0. The maximum absolute atomic E-state index is 3.55. The predicted octanol–water partition coefficient (Wildman–Crippen LogP) is 3.90. The van der Waals surface area contributed by atoms with Crippen molar-refractivity contribution in [1.29, 1.82) is 0 Å². The first-order valence-corrected chi connectivity index (χ1v) is 8.21. The van der Waals surface area contributed by atoms with E-state index < -0.39 is 0 Å². The number of hydrogen-bond donors (Lipinski definition) is 1. The summed E-state index contributed by atoms with van der Waals surface area (Å²) in [6.45, 7) is 1.10. The molecule has 0 aromatic rings. The third-order valence-corrected chi connectivity index (χ3v) is 6.25. The third kappa shape index (κ3) is 2.05. The minimum Gasteiger partial charge on any atom is -0.307 e. The molecule has 1 aliphatic heterocycles. The minimum absolute atomic E-state index is 0.693. The molecular weight excluding hydrogens is 218 g/mol. The molecule has 0 amide bonds. The quantitative estimate of drug-likeness (QED) is 0.741. The van der Waals surface area contributed by atoms with Crippen molar-refractivity contribution in [1.82, 2.24) is 5.32 Å². The molecule has 5 rings (SSSR count). The van der Waals surface area contributed by atoms with E-state index in [0.717, 1.165) is 29.7 Å². The molecule has 1 N–H and O–H groups in total. The zero-order chi connectivity index (χ0) is 12.0. The van der Waals surface area contributed by atoms with Crippen LogP contribution in [0, 0.1) is 23.2 Å². The van der Waals surface area contributed by atoms with E-state index in [4.69, 9.17) is 0 Å². The van der Waals surface area contributed by atoms with Crippen LogP contribution in [0.2, 0.25) is 0 Å². The lowest BCUT2D eigenvalue weighted by Gasteiger charge is -2.57. The van der Waals surface area contributed by atoms with Crippen molar-refractivity contribution in [3.8, 4) is 0 Å². The van der Waals surface area contributed by atoms with E-state index in [0.29, 0.717) is 6.04 Å². The Balaban J connectivity index is 1.34. The molecule has 4 bridgehead atoms. The first-order chi connectivity index (χ1) is 8.81. The lowest BCUT2D eigenvalue weighted by atomic mass is 9.48. The van der Waals surface area contributed by atoms with Gasteiger partial charge in [-0.05, 0) is 74.5 Å². The van der Waals surface area contributed by atoms with Gasteiger partial charge in [0.05, 0.1) is 0 Å². The molecule has 4 aliphatic carbocycles. The molecule has 4 saturated carbocycles. The molecular formula is C17H27N. The van der Waals surface area contributed by atoms with Gasteiger partial charge in [-0.3, -0.25) is 0 Å². The highest BCUT2D eigenvalue weighted by molar-refractivity contribution is 5.03. The van der Waals surface area contributed by atoms with E-state index in [-0.39, 0.29) is 0 Å². The lowest BCUT2D eigenvalue weighted by molar-refractivity contribution is -0.0584.